The summed E-state index contributed by atoms with van der Waals surface area (Å²) < 4.78 is 10.1. The van der Waals surface area contributed by atoms with Crippen LogP contribution in [0.25, 0.3) is 0 Å². The van der Waals surface area contributed by atoms with Crippen LogP contribution in [0.2, 0.25) is 0 Å². The summed E-state index contributed by atoms with van der Waals surface area (Å²) in [5.74, 6) is 6.75. The van der Waals surface area contributed by atoms with Gasteiger partial charge in [-0.05, 0) is 0 Å². The summed E-state index contributed by atoms with van der Waals surface area (Å²) in [7, 11) is 3.27. The number of hydrogen-bond donors (Lipinski definition) is 2. The lowest BCUT2D eigenvalue weighted by molar-refractivity contribution is 0.176. The highest BCUT2D eigenvalue weighted by Gasteiger charge is 2.11. The summed E-state index contributed by atoms with van der Waals surface area (Å²) in [4.78, 5) is 8.65. The molecule has 90 valence electrons. The van der Waals surface area contributed by atoms with E-state index < -0.39 is 0 Å². The summed E-state index contributed by atoms with van der Waals surface area (Å²) >= 11 is 0. The van der Waals surface area contributed by atoms with Gasteiger partial charge in [0, 0.05) is 26.2 Å². The standard InChI is InChI=1S/C10H18N4O2/c1-7(5-15-2)10-12-8(6-16-3)4-9(13-10)14-11/h4,7H,5-6,11H2,1-3H3,(H,12,13,14). The number of aromatic nitrogens is 2. The molecule has 1 heterocycles. The molecule has 16 heavy (non-hydrogen) atoms. The predicted octanol–water partition coefficient (Wildman–Crippen LogP) is 0.658. The van der Waals surface area contributed by atoms with Gasteiger partial charge in [-0.15, -0.1) is 0 Å². The second-order valence-corrected chi connectivity index (χ2v) is 3.54. The van der Waals surface area contributed by atoms with Crippen molar-refractivity contribution in [1.82, 2.24) is 9.97 Å². The van der Waals surface area contributed by atoms with Gasteiger partial charge in [0.2, 0.25) is 0 Å². The van der Waals surface area contributed by atoms with E-state index in [0.29, 0.717) is 24.9 Å². The van der Waals surface area contributed by atoms with Gasteiger partial charge in [-0.3, -0.25) is 0 Å². The Kier molecular flexibility index (Phi) is 5.10. The van der Waals surface area contributed by atoms with Crippen LogP contribution in [-0.2, 0) is 16.1 Å². The molecule has 0 saturated carbocycles. The van der Waals surface area contributed by atoms with Crippen LogP contribution in [-0.4, -0.2) is 30.8 Å². The summed E-state index contributed by atoms with van der Waals surface area (Å²) in [5.41, 5.74) is 3.31. The van der Waals surface area contributed by atoms with Crippen LogP contribution in [0.15, 0.2) is 6.07 Å². The molecule has 0 spiro atoms. The zero-order valence-electron chi connectivity index (χ0n) is 9.86. The van der Waals surface area contributed by atoms with E-state index in [2.05, 4.69) is 15.4 Å². The van der Waals surface area contributed by atoms with E-state index in [1.807, 2.05) is 6.92 Å². The molecule has 0 aliphatic heterocycles. The Morgan fingerprint density at radius 1 is 1.38 bits per heavy atom. The fraction of sp³-hybridized carbons (Fsp3) is 0.600. The number of nitrogen functional groups attached to an aromatic ring is 1. The van der Waals surface area contributed by atoms with E-state index in [0.717, 1.165) is 5.69 Å². The maximum absolute atomic E-state index is 5.35. The first-order chi connectivity index (χ1) is 7.71. The molecular weight excluding hydrogens is 208 g/mol. The Morgan fingerprint density at radius 2 is 2.12 bits per heavy atom. The quantitative estimate of drug-likeness (QED) is 0.547. The topological polar surface area (TPSA) is 82.3 Å². The van der Waals surface area contributed by atoms with Crippen LogP contribution in [0.3, 0.4) is 0 Å². The molecule has 0 saturated heterocycles. The molecule has 1 rings (SSSR count). The smallest absolute Gasteiger partial charge is 0.144 e. The molecule has 1 aromatic heterocycles. The van der Waals surface area contributed by atoms with Crippen LogP contribution in [0.1, 0.15) is 24.4 Å². The largest absolute Gasteiger partial charge is 0.384 e. The molecule has 1 atom stereocenters. The first-order valence-electron chi connectivity index (χ1n) is 5.03. The van der Waals surface area contributed by atoms with Crippen molar-refractivity contribution in [1.29, 1.82) is 0 Å². The molecule has 0 fully saturated rings. The van der Waals surface area contributed by atoms with Crippen molar-refractivity contribution in [3.63, 3.8) is 0 Å². The molecule has 3 N–H and O–H groups in total. The molecule has 0 bridgehead atoms. The van der Waals surface area contributed by atoms with E-state index in [1.165, 1.54) is 0 Å². The first kappa shape index (κ1) is 12.8. The van der Waals surface area contributed by atoms with E-state index in [1.54, 1.807) is 20.3 Å². The molecule has 0 amide bonds. The van der Waals surface area contributed by atoms with Crippen LogP contribution in [0.4, 0.5) is 5.82 Å². The summed E-state index contributed by atoms with van der Waals surface area (Å²) in [6, 6.07) is 1.76. The van der Waals surface area contributed by atoms with Gasteiger partial charge >= 0.3 is 0 Å². The number of ether oxygens (including phenoxy) is 2. The third kappa shape index (κ3) is 3.41. The second kappa shape index (κ2) is 6.37. The maximum atomic E-state index is 5.35. The number of hydrogen-bond acceptors (Lipinski definition) is 6. The van der Waals surface area contributed by atoms with Crippen molar-refractivity contribution in [2.75, 3.05) is 26.3 Å². The maximum Gasteiger partial charge on any atom is 0.144 e. The van der Waals surface area contributed by atoms with Gasteiger partial charge in [0.15, 0.2) is 0 Å². The highest BCUT2D eigenvalue weighted by molar-refractivity contribution is 5.34. The van der Waals surface area contributed by atoms with Crippen LogP contribution in [0, 0.1) is 0 Å². The molecule has 1 unspecified atom stereocenters. The third-order valence-electron chi connectivity index (χ3n) is 2.09. The summed E-state index contributed by atoms with van der Waals surface area (Å²) in [6.07, 6.45) is 0. The van der Waals surface area contributed by atoms with Crippen molar-refractivity contribution < 1.29 is 9.47 Å². The Balaban J connectivity index is 2.93. The van der Waals surface area contributed by atoms with Crippen molar-refractivity contribution >= 4 is 5.82 Å². The van der Waals surface area contributed by atoms with Gasteiger partial charge in [-0.25, -0.2) is 15.8 Å². The zero-order chi connectivity index (χ0) is 12.0. The molecule has 0 radical (unpaired) electrons. The molecule has 6 heteroatoms. The molecule has 6 nitrogen and oxygen atoms in total. The fourth-order valence-electron chi connectivity index (χ4n) is 1.36. The Hall–Kier alpha value is -1.24. The van der Waals surface area contributed by atoms with Crippen molar-refractivity contribution in [3.05, 3.63) is 17.6 Å². The number of nitrogens with zero attached hydrogens (tertiary/aromatic N) is 2. The minimum Gasteiger partial charge on any atom is -0.384 e. The minimum atomic E-state index is 0.119. The van der Waals surface area contributed by atoms with Gasteiger partial charge in [-0.1, -0.05) is 6.92 Å². The van der Waals surface area contributed by atoms with Gasteiger partial charge in [0.05, 0.1) is 18.9 Å². The lowest BCUT2D eigenvalue weighted by Crippen LogP contribution is -2.14. The Morgan fingerprint density at radius 3 is 2.69 bits per heavy atom. The van der Waals surface area contributed by atoms with Crippen molar-refractivity contribution in [2.45, 2.75) is 19.4 Å². The number of rotatable bonds is 6. The molecule has 0 aliphatic carbocycles. The second-order valence-electron chi connectivity index (χ2n) is 3.54. The van der Waals surface area contributed by atoms with Crippen LogP contribution < -0.4 is 11.3 Å². The zero-order valence-corrected chi connectivity index (χ0v) is 9.86. The number of hydrazine groups is 1. The Labute approximate surface area is 95.1 Å². The van der Waals surface area contributed by atoms with Gasteiger partial charge in [0.1, 0.15) is 11.6 Å². The minimum absolute atomic E-state index is 0.119. The Bertz CT molecular complexity index is 333. The van der Waals surface area contributed by atoms with E-state index in [9.17, 15) is 0 Å². The number of anilines is 1. The molecular formula is C10H18N4O2. The van der Waals surface area contributed by atoms with Crippen molar-refractivity contribution in [3.8, 4) is 0 Å². The summed E-state index contributed by atoms with van der Waals surface area (Å²) in [5, 5.41) is 0. The van der Waals surface area contributed by atoms with Gasteiger partial charge in [-0.2, -0.15) is 0 Å². The van der Waals surface area contributed by atoms with E-state index >= 15 is 0 Å². The van der Waals surface area contributed by atoms with Gasteiger partial charge < -0.3 is 14.9 Å². The van der Waals surface area contributed by atoms with E-state index in [-0.39, 0.29) is 5.92 Å². The number of methoxy groups -OCH3 is 2. The average molecular weight is 226 g/mol. The van der Waals surface area contributed by atoms with Crippen LogP contribution >= 0.6 is 0 Å². The SMILES string of the molecule is COCc1cc(NN)nc(C(C)COC)n1. The molecule has 0 aliphatic rings. The lowest BCUT2D eigenvalue weighted by Gasteiger charge is -2.12. The van der Waals surface area contributed by atoms with Crippen molar-refractivity contribution in [2.24, 2.45) is 5.84 Å². The lowest BCUT2D eigenvalue weighted by atomic mass is 10.2. The highest BCUT2D eigenvalue weighted by Crippen LogP contribution is 2.14. The predicted molar refractivity (Wildman–Crippen MR) is 60.8 cm³/mol. The number of nitrogens with one attached hydrogen (secondary N) is 1. The summed E-state index contributed by atoms with van der Waals surface area (Å²) in [6.45, 7) is 3.00. The third-order valence-corrected chi connectivity index (χ3v) is 2.09. The van der Waals surface area contributed by atoms with Gasteiger partial charge in [0.25, 0.3) is 0 Å². The molecule has 1 aromatic rings. The highest BCUT2D eigenvalue weighted by atomic mass is 16.5. The van der Waals surface area contributed by atoms with Crippen LogP contribution in [0.5, 0.6) is 0 Å². The number of nitrogens with two attached hydrogens (primary N) is 1. The fourth-order valence-corrected chi connectivity index (χ4v) is 1.36. The first-order valence-corrected chi connectivity index (χ1v) is 5.03. The normalized spacial score (nSPS) is 12.5. The van der Waals surface area contributed by atoms with E-state index in [4.69, 9.17) is 15.3 Å². The molecule has 0 aromatic carbocycles. The average Bonchev–Trinajstić information content (AvgIpc) is 2.29. The monoisotopic (exact) mass is 226 g/mol.